The van der Waals surface area contributed by atoms with Gasteiger partial charge in [0.05, 0.1) is 18.2 Å². The molecular weight excluding hydrogens is 238 g/mol. The molecule has 0 bridgehead atoms. The van der Waals surface area contributed by atoms with Gasteiger partial charge >= 0.3 is 11.6 Å². The van der Waals surface area contributed by atoms with Gasteiger partial charge in [0, 0.05) is 12.7 Å². The SMILES string of the molecule is CNC(=O)/C(=C\Nc1ccc(OC)cc1)[N+](=O)[O-]. The number of ether oxygens (including phenoxy) is 1. The van der Waals surface area contributed by atoms with Crippen LogP contribution in [0.4, 0.5) is 5.69 Å². The minimum atomic E-state index is -0.763. The van der Waals surface area contributed by atoms with E-state index < -0.39 is 16.5 Å². The first-order chi connectivity index (χ1) is 8.58. The van der Waals surface area contributed by atoms with E-state index in [1.54, 1.807) is 31.4 Å². The zero-order valence-corrected chi connectivity index (χ0v) is 9.97. The Morgan fingerprint density at radius 3 is 2.44 bits per heavy atom. The Bertz CT molecular complexity index is 468. The second kappa shape index (κ2) is 6.24. The Morgan fingerprint density at radius 2 is 2.00 bits per heavy atom. The third-order valence-corrected chi connectivity index (χ3v) is 2.12. The van der Waals surface area contributed by atoms with Crippen molar-refractivity contribution in [2.45, 2.75) is 0 Å². The molecule has 0 atom stereocenters. The smallest absolute Gasteiger partial charge is 0.349 e. The van der Waals surface area contributed by atoms with Gasteiger partial charge in [-0.3, -0.25) is 14.9 Å². The van der Waals surface area contributed by atoms with Crippen molar-refractivity contribution in [1.82, 2.24) is 5.32 Å². The normalized spacial score (nSPS) is 10.7. The molecule has 7 nitrogen and oxygen atoms in total. The van der Waals surface area contributed by atoms with E-state index in [9.17, 15) is 14.9 Å². The van der Waals surface area contributed by atoms with Crippen LogP contribution < -0.4 is 15.4 Å². The van der Waals surface area contributed by atoms with Gasteiger partial charge in [0.15, 0.2) is 0 Å². The zero-order valence-electron chi connectivity index (χ0n) is 9.97. The molecule has 1 amide bonds. The summed E-state index contributed by atoms with van der Waals surface area (Å²) in [5, 5.41) is 15.5. The molecule has 0 aromatic heterocycles. The second-order valence-corrected chi connectivity index (χ2v) is 3.24. The molecule has 96 valence electrons. The Labute approximate surface area is 104 Å². The zero-order chi connectivity index (χ0) is 13.5. The molecule has 18 heavy (non-hydrogen) atoms. The first kappa shape index (κ1) is 13.5. The van der Waals surface area contributed by atoms with Crippen molar-refractivity contribution in [2.75, 3.05) is 19.5 Å². The number of anilines is 1. The predicted octanol–water partition coefficient (Wildman–Crippen LogP) is 0.971. The van der Waals surface area contributed by atoms with Crippen LogP contribution in [0.3, 0.4) is 0 Å². The lowest BCUT2D eigenvalue weighted by Crippen LogP contribution is -2.25. The number of carbonyl (C=O) groups is 1. The molecular formula is C11H13N3O4. The summed E-state index contributed by atoms with van der Waals surface area (Å²) >= 11 is 0. The molecule has 0 unspecified atom stereocenters. The van der Waals surface area contributed by atoms with E-state index in [4.69, 9.17) is 4.74 Å². The van der Waals surface area contributed by atoms with E-state index in [-0.39, 0.29) is 0 Å². The highest BCUT2D eigenvalue weighted by molar-refractivity contribution is 5.91. The van der Waals surface area contributed by atoms with Crippen molar-refractivity contribution in [3.63, 3.8) is 0 Å². The van der Waals surface area contributed by atoms with Crippen LogP contribution >= 0.6 is 0 Å². The molecule has 1 aromatic rings. The van der Waals surface area contributed by atoms with E-state index in [1.165, 1.54) is 7.05 Å². The van der Waals surface area contributed by atoms with E-state index >= 15 is 0 Å². The first-order valence-corrected chi connectivity index (χ1v) is 5.05. The largest absolute Gasteiger partial charge is 0.497 e. The highest BCUT2D eigenvalue weighted by Gasteiger charge is 2.19. The number of likely N-dealkylation sites (N-methyl/N-ethyl adjacent to an activating group) is 1. The first-order valence-electron chi connectivity index (χ1n) is 5.05. The van der Waals surface area contributed by atoms with Gasteiger partial charge < -0.3 is 15.4 Å². The average molecular weight is 251 g/mol. The average Bonchev–Trinajstić information content (AvgIpc) is 2.39. The minimum absolute atomic E-state index is 0.562. The fourth-order valence-corrected chi connectivity index (χ4v) is 1.17. The van der Waals surface area contributed by atoms with Crippen LogP contribution in [-0.2, 0) is 4.79 Å². The molecule has 0 saturated heterocycles. The number of methoxy groups -OCH3 is 1. The fraction of sp³-hybridized carbons (Fsp3) is 0.182. The molecule has 1 rings (SSSR count). The lowest BCUT2D eigenvalue weighted by molar-refractivity contribution is -0.419. The van der Waals surface area contributed by atoms with Crippen LogP contribution in [0, 0.1) is 10.1 Å². The predicted molar refractivity (Wildman–Crippen MR) is 65.8 cm³/mol. The van der Waals surface area contributed by atoms with E-state index in [0.29, 0.717) is 11.4 Å². The molecule has 1 aromatic carbocycles. The maximum absolute atomic E-state index is 11.2. The summed E-state index contributed by atoms with van der Waals surface area (Å²) < 4.78 is 4.97. The van der Waals surface area contributed by atoms with E-state index in [1.807, 2.05) is 0 Å². The van der Waals surface area contributed by atoms with Gasteiger partial charge in [-0.2, -0.15) is 0 Å². The summed E-state index contributed by atoms with van der Waals surface area (Å²) in [7, 11) is 2.87. The van der Waals surface area contributed by atoms with Gasteiger partial charge in [0.25, 0.3) is 0 Å². The molecule has 0 heterocycles. The molecule has 7 heteroatoms. The molecule has 0 radical (unpaired) electrons. The third-order valence-electron chi connectivity index (χ3n) is 2.12. The Balaban J connectivity index is 2.81. The summed E-state index contributed by atoms with van der Waals surface area (Å²) in [6.07, 6.45) is 1.04. The molecule has 0 aliphatic rings. The van der Waals surface area contributed by atoms with Crippen LogP contribution in [0.5, 0.6) is 5.75 Å². The number of nitrogens with one attached hydrogen (secondary N) is 2. The number of rotatable bonds is 5. The number of carbonyl (C=O) groups excluding carboxylic acids is 1. The van der Waals surface area contributed by atoms with Crippen molar-refractivity contribution in [3.05, 3.63) is 46.3 Å². The number of hydrogen-bond donors (Lipinski definition) is 2. The molecule has 0 aliphatic carbocycles. The van der Waals surface area contributed by atoms with Crippen LogP contribution in [0.25, 0.3) is 0 Å². The molecule has 0 spiro atoms. The van der Waals surface area contributed by atoms with Gasteiger partial charge in [-0.1, -0.05) is 0 Å². The van der Waals surface area contributed by atoms with E-state index in [2.05, 4.69) is 10.6 Å². The summed E-state index contributed by atoms with van der Waals surface area (Å²) in [6.45, 7) is 0. The van der Waals surface area contributed by atoms with Crippen molar-refractivity contribution >= 4 is 11.6 Å². The lowest BCUT2D eigenvalue weighted by atomic mass is 10.3. The number of benzene rings is 1. The number of hydrogen-bond acceptors (Lipinski definition) is 5. The highest BCUT2D eigenvalue weighted by Crippen LogP contribution is 2.15. The van der Waals surface area contributed by atoms with Gasteiger partial charge in [0.2, 0.25) is 0 Å². The third kappa shape index (κ3) is 3.48. The van der Waals surface area contributed by atoms with Crippen LogP contribution in [0.15, 0.2) is 36.2 Å². The van der Waals surface area contributed by atoms with E-state index in [0.717, 1.165) is 6.20 Å². The molecule has 0 aliphatic heterocycles. The summed E-state index contributed by atoms with van der Waals surface area (Å²) in [6, 6.07) is 6.75. The van der Waals surface area contributed by atoms with Gasteiger partial charge in [-0.25, -0.2) is 0 Å². The summed E-state index contributed by atoms with van der Waals surface area (Å²) in [4.78, 5) is 21.1. The molecule has 0 fully saturated rings. The fourth-order valence-electron chi connectivity index (χ4n) is 1.17. The number of amides is 1. The highest BCUT2D eigenvalue weighted by atomic mass is 16.6. The summed E-state index contributed by atoms with van der Waals surface area (Å²) in [5.41, 5.74) is 0.0485. The van der Waals surface area contributed by atoms with Crippen LogP contribution in [0.2, 0.25) is 0 Å². The standard InChI is InChI=1S/C11H13N3O4/c1-12-11(15)10(14(16)17)7-13-8-3-5-9(18-2)6-4-8/h3-7,13H,1-2H3,(H,12,15)/b10-7+. The van der Waals surface area contributed by atoms with Crippen molar-refractivity contribution in [1.29, 1.82) is 0 Å². The maximum atomic E-state index is 11.2. The maximum Gasteiger partial charge on any atom is 0.349 e. The second-order valence-electron chi connectivity index (χ2n) is 3.24. The number of nitrogens with zero attached hydrogens (tertiary/aromatic N) is 1. The number of nitro groups is 1. The monoisotopic (exact) mass is 251 g/mol. The quantitative estimate of drug-likeness (QED) is 0.462. The van der Waals surface area contributed by atoms with Gasteiger partial charge in [0.1, 0.15) is 5.75 Å². The Hall–Kier alpha value is -2.57. The topological polar surface area (TPSA) is 93.5 Å². The van der Waals surface area contributed by atoms with Crippen LogP contribution in [-0.4, -0.2) is 25.0 Å². The van der Waals surface area contributed by atoms with Gasteiger partial charge in [-0.05, 0) is 24.3 Å². The Kier molecular flexibility index (Phi) is 4.67. The molecule has 2 N–H and O–H groups in total. The Morgan fingerprint density at radius 1 is 1.39 bits per heavy atom. The van der Waals surface area contributed by atoms with Crippen molar-refractivity contribution in [2.24, 2.45) is 0 Å². The molecule has 0 saturated carbocycles. The minimum Gasteiger partial charge on any atom is -0.497 e. The summed E-state index contributed by atoms with van der Waals surface area (Å²) in [5.74, 6) is -0.0913. The van der Waals surface area contributed by atoms with Gasteiger partial charge in [-0.15, -0.1) is 0 Å². The lowest BCUT2D eigenvalue weighted by Gasteiger charge is -2.03. The van der Waals surface area contributed by atoms with Crippen molar-refractivity contribution in [3.8, 4) is 5.75 Å². The van der Waals surface area contributed by atoms with Crippen LogP contribution in [0.1, 0.15) is 0 Å². The van der Waals surface area contributed by atoms with Crippen molar-refractivity contribution < 1.29 is 14.5 Å².